The van der Waals surface area contributed by atoms with Gasteiger partial charge in [0, 0.05) is 6.26 Å². The van der Waals surface area contributed by atoms with Crippen LogP contribution in [0.4, 0.5) is 5.69 Å². The number of para-hydroxylation sites is 1. The van der Waals surface area contributed by atoms with Crippen LogP contribution in [-0.2, 0) is 14.6 Å². The summed E-state index contributed by atoms with van der Waals surface area (Å²) in [4.78, 5) is 13.7. The third kappa shape index (κ3) is 3.84. The van der Waals surface area contributed by atoms with Gasteiger partial charge in [0.25, 0.3) is 0 Å². The molecule has 0 aliphatic heterocycles. The van der Waals surface area contributed by atoms with Crippen molar-refractivity contribution in [2.24, 2.45) is 0 Å². The number of sulfone groups is 1. The van der Waals surface area contributed by atoms with Crippen LogP contribution in [0.3, 0.4) is 0 Å². The molecule has 0 bridgehead atoms. The summed E-state index contributed by atoms with van der Waals surface area (Å²) in [7, 11) is -3.40. The van der Waals surface area contributed by atoms with E-state index in [4.69, 9.17) is 6.42 Å². The largest absolute Gasteiger partial charge is 0.297 e. The van der Waals surface area contributed by atoms with E-state index in [-0.39, 0.29) is 0 Å². The fourth-order valence-corrected chi connectivity index (χ4v) is 2.68. The van der Waals surface area contributed by atoms with Crippen molar-refractivity contribution in [1.29, 1.82) is 0 Å². The quantitative estimate of drug-likeness (QED) is 0.794. The lowest BCUT2D eigenvalue weighted by atomic mass is 10.1. The zero-order valence-corrected chi connectivity index (χ0v) is 13.0. The molecule has 0 radical (unpaired) electrons. The Morgan fingerprint density at radius 2 is 1.85 bits per heavy atom. The molecule has 1 aromatic carbocycles. The van der Waals surface area contributed by atoms with E-state index in [9.17, 15) is 13.2 Å². The highest BCUT2D eigenvalue weighted by molar-refractivity contribution is 7.91. The number of carbonyl (C=O) groups is 1. The Morgan fingerprint density at radius 1 is 1.35 bits per heavy atom. The molecule has 5 heteroatoms. The van der Waals surface area contributed by atoms with Crippen molar-refractivity contribution in [1.82, 2.24) is 0 Å². The van der Waals surface area contributed by atoms with E-state index >= 15 is 0 Å². The molecule has 0 saturated carbocycles. The molecule has 0 N–H and O–H groups in total. The van der Waals surface area contributed by atoms with Crippen molar-refractivity contribution >= 4 is 21.4 Å². The summed E-state index contributed by atoms with van der Waals surface area (Å²) in [6.45, 7) is 5.44. The molecule has 0 saturated heterocycles. The normalized spacial score (nSPS) is 12.6. The van der Waals surface area contributed by atoms with E-state index in [0.29, 0.717) is 5.69 Å². The minimum Gasteiger partial charge on any atom is -0.297 e. The molecule has 1 aromatic rings. The van der Waals surface area contributed by atoms with E-state index in [0.717, 1.165) is 17.4 Å². The van der Waals surface area contributed by atoms with Crippen molar-refractivity contribution in [3.63, 3.8) is 0 Å². The molecule has 0 aliphatic carbocycles. The maximum Gasteiger partial charge on any atom is 0.243 e. The average molecular weight is 293 g/mol. The highest BCUT2D eigenvalue weighted by Crippen LogP contribution is 2.26. The molecular formula is C15H19NO3S. The minimum atomic E-state index is -3.40. The Bertz CT molecular complexity index is 636. The van der Waals surface area contributed by atoms with Gasteiger partial charge >= 0.3 is 0 Å². The first-order chi connectivity index (χ1) is 9.17. The van der Waals surface area contributed by atoms with Gasteiger partial charge in [0.1, 0.15) is 5.75 Å². The number of hydrogen-bond acceptors (Lipinski definition) is 3. The van der Waals surface area contributed by atoms with Gasteiger partial charge in [0.2, 0.25) is 5.91 Å². The zero-order valence-electron chi connectivity index (χ0n) is 12.2. The van der Waals surface area contributed by atoms with Crippen LogP contribution in [0, 0.1) is 26.2 Å². The molecule has 0 spiro atoms. The zero-order chi connectivity index (χ0) is 15.5. The summed E-state index contributed by atoms with van der Waals surface area (Å²) in [6, 6.07) is 5.11. The van der Waals surface area contributed by atoms with Crippen molar-refractivity contribution in [3.8, 4) is 12.3 Å². The molecule has 1 amide bonds. The molecular weight excluding hydrogens is 274 g/mol. The maximum absolute atomic E-state index is 12.3. The van der Waals surface area contributed by atoms with Gasteiger partial charge in [-0.25, -0.2) is 8.42 Å². The molecule has 0 aliphatic rings. The minimum absolute atomic E-state index is 0.504. The highest BCUT2D eigenvalue weighted by Gasteiger charge is 2.26. The smallest absolute Gasteiger partial charge is 0.243 e. The van der Waals surface area contributed by atoms with Gasteiger partial charge in [-0.2, -0.15) is 0 Å². The van der Waals surface area contributed by atoms with Gasteiger partial charge < -0.3 is 0 Å². The van der Waals surface area contributed by atoms with Crippen molar-refractivity contribution < 1.29 is 13.2 Å². The Balaban J connectivity index is 3.35. The fourth-order valence-electron chi connectivity index (χ4n) is 2.09. The first kappa shape index (κ1) is 16.3. The van der Waals surface area contributed by atoms with Gasteiger partial charge in [-0.3, -0.25) is 9.69 Å². The number of rotatable bonds is 4. The third-order valence-corrected chi connectivity index (χ3v) is 3.73. The van der Waals surface area contributed by atoms with Crippen LogP contribution < -0.4 is 4.90 Å². The predicted octanol–water partition coefficient (Wildman–Crippen LogP) is 1.70. The monoisotopic (exact) mass is 293 g/mol. The summed E-state index contributed by atoms with van der Waals surface area (Å²) in [6.07, 6.45) is 6.45. The lowest BCUT2D eigenvalue weighted by molar-refractivity contribution is -0.116. The first-order valence-electron chi connectivity index (χ1n) is 6.19. The summed E-state index contributed by atoms with van der Waals surface area (Å²) < 4.78 is 22.7. The number of terminal acetylenes is 1. The number of carbonyl (C=O) groups excluding carboxylic acids is 1. The average Bonchev–Trinajstić information content (AvgIpc) is 2.30. The molecule has 108 valence electrons. The van der Waals surface area contributed by atoms with Crippen LogP contribution in [0.1, 0.15) is 18.1 Å². The van der Waals surface area contributed by atoms with E-state index in [2.05, 4.69) is 5.92 Å². The standard InChI is InChI=1S/C15H19NO3S/c1-6-13(4)16(14(17)10-20(5,18)19)15-11(2)8-7-9-12(15)3/h1,7-9,13H,10H2,2-5H3. The van der Waals surface area contributed by atoms with Crippen LogP contribution in [0.2, 0.25) is 0 Å². The Kier molecular flexibility index (Phi) is 4.96. The van der Waals surface area contributed by atoms with E-state index in [1.54, 1.807) is 6.92 Å². The van der Waals surface area contributed by atoms with E-state index < -0.39 is 27.5 Å². The molecule has 0 fully saturated rings. The molecule has 0 heterocycles. The topological polar surface area (TPSA) is 54.5 Å². The van der Waals surface area contributed by atoms with Gasteiger partial charge in [0.15, 0.2) is 9.84 Å². The Hall–Kier alpha value is -1.80. The SMILES string of the molecule is C#CC(C)N(C(=O)CS(C)(=O)=O)c1c(C)cccc1C. The number of hydrogen-bond donors (Lipinski definition) is 0. The van der Waals surface area contributed by atoms with Crippen LogP contribution in [0.25, 0.3) is 0 Å². The summed E-state index contributed by atoms with van der Waals surface area (Å²) in [5.74, 6) is 1.44. The lowest BCUT2D eigenvalue weighted by Crippen LogP contribution is -2.42. The van der Waals surface area contributed by atoms with E-state index in [1.165, 1.54) is 4.90 Å². The Morgan fingerprint density at radius 3 is 2.25 bits per heavy atom. The van der Waals surface area contributed by atoms with Crippen LogP contribution >= 0.6 is 0 Å². The number of nitrogens with zero attached hydrogens (tertiary/aromatic N) is 1. The molecule has 0 aromatic heterocycles. The van der Waals surface area contributed by atoms with E-state index in [1.807, 2.05) is 32.0 Å². The first-order valence-corrected chi connectivity index (χ1v) is 8.25. The number of aryl methyl sites for hydroxylation is 2. The van der Waals surface area contributed by atoms with Crippen LogP contribution in [0.5, 0.6) is 0 Å². The number of amides is 1. The number of benzene rings is 1. The van der Waals surface area contributed by atoms with Crippen molar-refractivity contribution in [2.75, 3.05) is 16.9 Å². The highest BCUT2D eigenvalue weighted by atomic mass is 32.2. The second-order valence-electron chi connectivity index (χ2n) is 4.92. The number of anilines is 1. The van der Waals surface area contributed by atoms with Crippen LogP contribution in [-0.4, -0.2) is 32.4 Å². The molecule has 1 rings (SSSR count). The molecule has 1 unspecified atom stereocenters. The second kappa shape index (κ2) is 6.10. The predicted molar refractivity (Wildman–Crippen MR) is 81.4 cm³/mol. The van der Waals surface area contributed by atoms with Crippen molar-refractivity contribution in [3.05, 3.63) is 29.3 Å². The van der Waals surface area contributed by atoms with Gasteiger partial charge in [-0.05, 0) is 31.9 Å². The maximum atomic E-state index is 12.3. The molecule has 1 atom stereocenters. The van der Waals surface area contributed by atoms with Gasteiger partial charge in [-0.15, -0.1) is 6.42 Å². The van der Waals surface area contributed by atoms with Gasteiger partial charge in [0.05, 0.1) is 11.7 Å². The fraction of sp³-hybridized carbons (Fsp3) is 0.400. The third-order valence-electron chi connectivity index (χ3n) is 2.96. The lowest BCUT2D eigenvalue weighted by Gasteiger charge is -2.29. The van der Waals surface area contributed by atoms with Crippen LogP contribution in [0.15, 0.2) is 18.2 Å². The van der Waals surface area contributed by atoms with Gasteiger partial charge in [-0.1, -0.05) is 24.1 Å². The summed E-state index contributed by atoms with van der Waals surface area (Å²) >= 11 is 0. The Labute approximate surface area is 120 Å². The second-order valence-corrected chi connectivity index (χ2v) is 7.06. The van der Waals surface area contributed by atoms with Crippen molar-refractivity contribution in [2.45, 2.75) is 26.8 Å². The molecule has 20 heavy (non-hydrogen) atoms. The summed E-state index contributed by atoms with van der Waals surface area (Å²) in [5, 5.41) is 0. The summed E-state index contributed by atoms with van der Waals surface area (Å²) in [5.41, 5.74) is 2.45. The molecule has 4 nitrogen and oxygen atoms in total.